The van der Waals surface area contributed by atoms with Gasteiger partial charge in [-0.25, -0.2) is 5.43 Å². The summed E-state index contributed by atoms with van der Waals surface area (Å²) in [5, 5.41) is 4.10. The van der Waals surface area contributed by atoms with Gasteiger partial charge in [-0.05, 0) is 5.56 Å². The Morgan fingerprint density at radius 1 is 0.947 bits per heavy atom. The average molecular weight is 271 g/mol. The predicted molar refractivity (Wildman–Crippen MR) is 75.1 cm³/mol. The molecule has 0 radical (unpaired) electrons. The van der Waals surface area contributed by atoms with Crippen LogP contribution in [0.3, 0.4) is 0 Å². The first-order valence-corrected chi connectivity index (χ1v) is 6.29. The minimum atomic E-state index is -1.26. The lowest BCUT2D eigenvalue weighted by atomic mass is 9.89. The maximum atomic E-state index is 12.1. The van der Waals surface area contributed by atoms with Crippen molar-refractivity contribution in [3.8, 4) is 0 Å². The second kappa shape index (κ2) is 4.52. The van der Waals surface area contributed by atoms with Crippen LogP contribution < -0.4 is 5.43 Å². The van der Waals surface area contributed by atoms with Crippen molar-refractivity contribution in [3.63, 3.8) is 0 Å². The number of nitrogens with zero attached hydrogens (tertiary/aromatic N) is 1. The predicted octanol–water partition coefficient (Wildman–Crippen LogP) is 2.65. The molecule has 1 aliphatic rings. The van der Waals surface area contributed by atoms with Crippen LogP contribution in [0.25, 0.3) is 0 Å². The molecular formula is C15H11ClN2O. The third-order valence-electron chi connectivity index (χ3n) is 3.13. The molecule has 1 atom stereocenters. The Balaban J connectivity index is 2.13. The van der Waals surface area contributed by atoms with Crippen molar-refractivity contribution in [1.82, 2.24) is 5.43 Å². The van der Waals surface area contributed by atoms with Gasteiger partial charge in [-0.2, -0.15) is 5.10 Å². The van der Waals surface area contributed by atoms with Crippen molar-refractivity contribution in [1.29, 1.82) is 0 Å². The summed E-state index contributed by atoms with van der Waals surface area (Å²) in [5.74, 6) is -0.320. The van der Waals surface area contributed by atoms with E-state index in [0.29, 0.717) is 11.3 Å². The third-order valence-corrected chi connectivity index (χ3v) is 3.70. The van der Waals surface area contributed by atoms with E-state index in [1.165, 1.54) is 0 Å². The summed E-state index contributed by atoms with van der Waals surface area (Å²) in [6.07, 6.45) is 0. The van der Waals surface area contributed by atoms with Crippen LogP contribution in [0.4, 0.5) is 0 Å². The largest absolute Gasteiger partial charge is 0.272 e. The Bertz CT molecular complexity index is 640. The normalized spacial score (nSPS) is 21.9. The van der Waals surface area contributed by atoms with Gasteiger partial charge in [0, 0.05) is 5.56 Å². The number of alkyl halides is 1. The van der Waals surface area contributed by atoms with Crippen LogP contribution >= 0.6 is 11.6 Å². The van der Waals surface area contributed by atoms with E-state index in [-0.39, 0.29) is 5.91 Å². The van der Waals surface area contributed by atoms with E-state index in [1.54, 1.807) is 0 Å². The van der Waals surface area contributed by atoms with E-state index >= 15 is 0 Å². The number of hydrogen-bond acceptors (Lipinski definition) is 2. The molecule has 0 bridgehead atoms. The summed E-state index contributed by atoms with van der Waals surface area (Å²) in [4.78, 5) is 10.9. The molecule has 19 heavy (non-hydrogen) atoms. The molecular weight excluding hydrogens is 260 g/mol. The third kappa shape index (κ3) is 1.83. The highest BCUT2D eigenvalue weighted by molar-refractivity contribution is 6.50. The molecule has 0 unspecified atom stereocenters. The molecule has 1 aliphatic heterocycles. The van der Waals surface area contributed by atoms with Crippen LogP contribution in [-0.2, 0) is 9.67 Å². The smallest absolute Gasteiger partial charge is 0.270 e. The number of nitrogens with one attached hydrogen (secondary N) is 1. The fourth-order valence-electron chi connectivity index (χ4n) is 2.16. The molecule has 2 aromatic rings. The van der Waals surface area contributed by atoms with Gasteiger partial charge < -0.3 is 0 Å². The molecule has 4 heteroatoms. The van der Waals surface area contributed by atoms with Gasteiger partial charge in [0.15, 0.2) is 4.87 Å². The van der Waals surface area contributed by atoms with Crippen molar-refractivity contribution in [2.24, 2.45) is 5.10 Å². The summed E-state index contributed by atoms with van der Waals surface area (Å²) in [6.45, 7) is 0. The van der Waals surface area contributed by atoms with Crippen LogP contribution in [0, 0.1) is 0 Å². The topological polar surface area (TPSA) is 41.5 Å². The number of amides is 1. The molecule has 2 aromatic carbocycles. The van der Waals surface area contributed by atoms with Crippen LogP contribution in [-0.4, -0.2) is 11.6 Å². The number of hydrogen-bond donors (Lipinski definition) is 1. The molecule has 0 aliphatic carbocycles. The lowest BCUT2D eigenvalue weighted by molar-refractivity contribution is -0.121. The number of carbonyl (C=O) groups excluding carboxylic acids is 1. The molecule has 0 spiro atoms. The molecule has 1 N–H and O–H groups in total. The number of carbonyl (C=O) groups is 1. The molecule has 0 saturated heterocycles. The molecule has 3 nitrogen and oxygen atoms in total. The fraction of sp³-hybridized carbons (Fsp3) is 0.0667. The monoisotopic (exact) mass is 270 g/mol. The van der Waals surface area contributed by atoms with Gasteiger partial charge in [0.25, 0.3) is 5.91 Å². The van der Waals surface area contributed by atoms with Crippen LogP contribution in [0.15, 0.2) is 65.8 Å². The zero-order valence-electron chi connectivity index (χ0n) is 10.0. The molecule has 0 fully saturated rings. The van der Waals surface area contributed by atoms with E-state index < -0.39 is 4.87 Å². The molecule has 3 rings (SSSR count). The van der Waals surface area contributed by atoms with Crippen LogP contribution in [0.2, 0.25) is 0 Å². The van der Waals surface area contributed by atoms with Crippen molar-refractivity contribution in [2.75, 3.05) is 0 Å². The maximum absolute atomic E-state index is 12.1. The Morgan fingerprint density at radius 2 is 1.53 bits per heavy atom. The van der Waals surface area contributed by atoms with Crippen LogP contribution in [0.1, 0.15) is 11.1 Å². The van der Waals surface area contributed by atoms with Gasteiger partial charge in [0.2, 0.25) is 0 Å². The second-order valence-corrected chi connectivity index (χ2v) is 4.86. The fourth-order valence-corrected chi connectivity index (χ4v) is 2.48. The Labute approximate surface area is 115 Å². The second-order valence-electron chi connectivity index (χ2n) is 4.29. The highest BCUT2D eigenvalue weighted by Gasteiger charge is 2.48. The molecule has 94 valence electrons. The van der Waals surface area contributed by atoms with Crippen molar-refractivity contribution in [2.45, 2.75) is 4.87 Å². The number of hydrazone groups is 1. The highest BCUT2D eigenvalue weighted by Crippen LogP contribution is 2.36. The number of benzene rings is 2. The molecule has 0 saturated carbocycles. The van der Waals surface area contributed by atoms with E-state index in [0.717, 1.165) is 5.56 Å². The van der Waals surface area contributed by atoms with Crippen LogP contribution in [0.5, 0.6) is 0 Å². The highest BCUT2D eigenvalue weighted by atomic mass is 35.5. The zero-order chi connectivity index (χ0) is 13.3. The van der Waals surface area contributed by atoms with Gasteiger partial charge in [0.1, 0.15) is 5.71 Å². The first-order chi connectivity index (χ1) is 9.23. The van der Waals surface area contributed by atoms with Gasteiger partial charge in [-0.15, -0.1) is 0 Å². The first kappa shape index (κ1) is 11.9. The van der Waals surface area contributed by atoms with E-state index in [2.05, 4.69) is 10.5 Å². The summed E-state index contributed by atoms with van der Waals surface area (Å²) in [5.41, 5.74) is 4.56. The van der Waals surface area contributed by atoms with E-state index in [4.69, 9.17) is 11.6 Å². The van der Waals surface area contributed by atoms with Gasteiger partial charge in [-0.3, -0.25) is 4.79 Å². The first-order valence-electron chi connectivity index (χ1n) is 5.91. The Hall–Kier alpha value is -2.13. The standard InChI is InChI=1S/C15H11ClN2O/c16-15(12-9-5-2-6-10-12)13(17-18-14(15)19)11-7-3-1-4-8-11/h1-10H,(H,18,19)/t15-/m0/s1. The molecule has 0 aromatic heterocycles. The summed E-state index contributed by atoms with van der Waals surface area (Å²) in [6, 6.07) is 18.7. The summed E-state index contributed by atoms with van der Waals surface area (Å²) < 4.78 is 0. The average Bonchev–Trinajstić information content (AvgIpc) is 2.78. The van der Waals surface area contributed by atoms with Gasteiger partial charge in [-0.1, -0.05) is 72.3 Å². The summed E-state index contributed by atoms with van der Waals surface area (Å²) in [7, 11) is 0. The van der Waals surface area contributed by atoms with E-state index in [9.17, 15) is 4.79 Å². The lowest BCUT2D eigenvalue weighted by Crippen LogP contribution is -2.37. The van der Waals surface area contributed by atoms with Crippen molar-refractivity contribution in [3.05, 3.63) is 71.8 Å². The minimum Gasteiger partial charge on any atom is -0.270 e. The quantitative estimate of drug-likeness (QED) is 0.838. The molecule has 1 heterocycles. The SMILES string of the molecule is O=C1NN=C(c2ccccc2)[C@@]1(Cl)c1ccccc1. The number of halogens is 1. The maximum Gasteiger partial charge on any atom is 0.272 e. The van der Waals surface area contributed by atoms with Gasteiger partial charge >= 0.3 is 0 Å². The molecule has 1 amide bonds. The van der Waals surface area contributed by atoms with E-state index in [1.807, 2.05) is 60.7 Å². The summed E-state index contributed by atoms with van der Waals surface area (Å²) >= 11 is 6.60. The zero-order valence-corrected chi connectivity index (χ0v) is 10.8. The number of rotatable bonds is 2. The minimum absolute atomic E-state index is 0.320. The van der Waals surface area contributed by atoms with Gasteiger partial charge in [0.05, 0.1) is 0 Å². The lowest BCUT2D eigenvalue weighted by Gasteiger charge is -2.21. The Morgan fingerprint density at radius 3 is 2.16 bits per heavy atom. The van der Waals surface area contributed by atoms with Crippen molar-refractivity contribution < 1.29 is 4.79 Å². The Kier molecular flexibility index (Phi) is 2.84. The van der Waals surface area contributed by atoms with Crippen molar-refractivity contribution >= 4 is 23.2 Å².